The average molecular weight is 385 g/mol. The quantitative estimate of drug-likeness (QED) is 0.670. The first kappa shape index (κ1) is 22.6. The second-order valence-electron chi connectivity index (χ2n) is 6.80. The largest absolute Gasteiger partial charge is 0.493 e. The number of rotatable bonds is 10. The predicted octanol–water partition coefficient (Wildman–Crippen LogP) is 3.50. The van der Waals surface area contributed by atoms with Gasteiger partial charge in [-0.1, -0.05) is 26.8 Å². The van der Waals surface area contributed by atoms with Gasteiger partial charge in [0.2, 0.25) is 5.91 Å². The molecule has 0 aromatic heterocycles. The summed E-state index contributed by atoms with van der Waals surface area (Å²) in [4.78, 5) is 14.9. The molecule has 26 heavy (non-hydrogen) atoms. The zero-order valence-corrected chi connectivity index (χ0v) is 17.2. The molecule has 2 rings (SSSR count). The molecule has 1 unspecified atom stereocenters. The van der Waals surface area contributed by atoms with E-state index < -0.39 is 0 Å². The molecule has 1 saturated heterocycles. The molecule has 1 N–H and O–H groups in total. The summed E-state index contributed by atoms with van der Waals surface area (Å²) < 4.78 is 11.2. The maximum Gasteiger partial charge on any atom is 0.226 e. The molecule has 1 aromatic rings. The van der Waals surface area contributed by atoms with Gasteiger partial charge in [0, 0.05) is 19.0 Å². The molecular weight excluding hydrogens is 352 g/mol. The van der Waals surface area contributed by atoms with E-state index in [2.05, 4.69) is 26.1 Å². The first-order valence-corrected chi connectivity index (χ1v) is 9.39. The van der Waals surface area contributed by atoms with E-state index in [0.29, 0.717) is 19.1 Å². The Labute approximate surface area is 163 Å². The van der Waals surface area contributed by atoms with E-state index in [9.17, 15) is 4.79 Å². The number of hydrogen-bond acceptors (Lipinski definition) is 4. The van der Waals surface area contributed by atoms with Gasteiger partial charge in [0.05, 0.1) is 13.7 Å². The Morgan fingerprint density at radius 3 is 2.54 bits per heavy atom. The Balaban J connectivity index is 0.00000338. The molecule has 0 radical (unpaired) electrons. The lowest BCUT2D eigenvalue weighted by atomic mass is 9.88. The van der Waals surface area contributed by atoms with Gasteiger partial charge in [-0.2, -0.15) is 0 Å². The second-order valence-corrected chi connectivity index (χ2v) is 6.80. The van der Waals surface area contributed by atoms with E-state index >= 15 is 0 Å². The zero-order valence-electron chi connectivity index (χ0n) is 16.4. The first-order chi connectivity index (χ1) is 12.1. The van der Waals surface area contributed by atoms with Crippen molar-refractivity contribution < 1.29 is 14.3 Å². The smallest absolute Gasteiger partial charge is 0.226 e. The Bertz CT molecular complexity index is 564. The van der Waals surface area contributed by atoms with Crippen LogP contribution in [0.1, 0.15) is 39.2 Å². The monoisotopic (exact) mass is 384 g/mol. The SMILES string of the molecule is CCCOc1ccc(CN(CCC)C(=O)C(C)C2CNC2)cc1OC.Cl. The number of nitrogens with zero attached hydrogens (tertiary/aromatic N) is 1. The van der Waals surface area contributed by atoms with Crippen LogP contribution in [-0.4, -0.2) is 44.2 Å². The molecule has 0 aliphatic carbocycles. The lowest BCUT2D eigenvalue weighted by Gasteiger charge is -2.35. The summed E-state index contributed by atoms with van der Waals surface area (Å²) >= 11 is 0. The molecule has 1 amide bonds. The highest BCUT2D eigenvalue weighted by Gasteiger charge is 2.31. The first-order valence-electron chi connectivity index (χ1n) is 9.39. The molecule has 6 heteroatoms. The molecule has 148 valence electrons. The van der Waals surface area contributed by atoms with E-state index in [1.807, 2.05) is 23.1 Å². The van der Waals surface area contributed by atoms with Gasteiger partial charge in [-0.25, -0.2) is 0 Å². The van der Waals surface area contributed by atoms with Crippen molar-refractivity contribution in [1.82, 2.24) is 10.2 Å². The Kier molecular flexibility index (Phi) is 9.81. The Hall–Kier alpha value is -1.46. The van der Waals surface area contributed by atoms with Crippen molar-refractivity contribution in [2.75, 3.05) is 33.4 Å². The lowest BCUT2D eigenvalue weighted by molar-refractivity contribution is -0.138. The number of halogens is 1. The van der Waals surface area contributed by atoms with Gasteiger partial charge in [0.15, 0.2) is 11.5 Å². The molecule has 0 spiro atoms. The number of methoxy groups -OCH3 is 1. The number of benzene rings is 1. The van der Waals surface area contributed by atoms with E-state index in [0.717, 1.165) is 49.5 Å². The summed E-state index contributed by atoms with van der Waals surface area (Å²) in [6.45, 7) is 10.2. The third-order valence-corrected chi connectivity index (χ3v) is 4.78. The molecule has 0 saturated carbocycles. The number of hydrogen-bond donors (Lipinski definition) is 1. The highest BCUT2D eigenvalue weighted by atomic mass is 35.5. The minimum Gasteiger partial charge on any atom is -0.493 e. The summed E-state index contributed by atoms with van der Waals surface area (Å²) in [6.07, 6.45) is 1.91. The van der Waals surface area contributed by atoms with Gasteiger partial charge in [0.1, 0.15) is 0 Å². The maximum atomic E-state index is 12.9. The highest BCUT2D eigenvalue weighted by molar-refractivity contribution is 5.85. The van der Waals surface area contributed by atoms with E-state index in [4.69, 9.17) is 9.47 Å². The van der Waals surface area contributed by atoms with Crippen molar-refractivity contribution in [2.24, 2.45) is 11.8 Å². The van der Waals surface area contributed by atoms with Crippen LogP contribution in [0.3, 0.4) is 0 Å². The van der Waals surface area contributed by atoms with Crippen LogP contribution >= 0.6 is 12.4 Å². The standard InChI is InChI=1S/C20H32N2O3.ClH/c1-5-9-22(20(23)15(3)17-12-21-13-17)14-16-7-8-18(25-10-6-2)19(11-16)24-4;/h7-8,11,15,17,21H,5-6,9-10,12-14H2,1-4H3;1H. The van der Waals surface area contributed by atoms with Crippen LogP contribution in [0.4, 0.5) is 0 Å². The van der Waals surface area contributed by atoms with Gasteiger partial charge in [-0.05, 0) is 49.5 Å². The lowest BCUT2D eigenvalue weighted by Crippen LogP contribution is -2.50. The molecule has 1 aliphatic rings. The summed E-state index contributed by atoms with van der Waals surface area (Å²) in [7, 11) is 1.65. The van der Waals surface area contributed by atoms with Gasteiger partial charge >= 0.3 is 0 Å². The molecule has 1 atom stereocenters. The molecule has 1 aromatic carbocycles. The number of carbonyl (C=O) groups excluding carboxylic acids is 1. The average Bonchev–Trinajstić information content (AvgIpc) is 2.57. The topological polar surface area (TPSA) is 50.8 Å². The van der Waals surface area contributed by atoms with Crippen molar-refractivity contribution >= 4 is 18.3 Å². The third kappa shape index (κ3) is 5.78. The summed E-state index contributed by atoms with van der Waals surface area (Å²) in [6, 6.07) is 5.95. The normalized spacial score (nSPS) is 14.8. The number of ether oxygens (including phenoxy) is 2. The third-order valence-electron chi connectivity index (χ3n) is 4.78. The minimum absolute atomic E-state index is 0. The van der Waals surface area contributed by atoms with E-state index in [1.165, 1.54) is 0 Å². The number of nitrogens with one attached hydrogen (secondary N) is 1. The highest BCUT2D eigenvalue weighted by Crippen LogP contribution is 2.29. The fourth-order valence-corrected chi connectivity index (χ4v) is 3.05. The minimum atomic E-state index is 0. The van der Waals surface area contributed by atoms with Gasteiger partial charge in [-0.15, -0.1) is 12.4 Å². The van der Waals surface area contributed by atoms with Crippen molar-refractivity contribution in [3.63, 3.8) is 0 Å². The Morgan fingerprint density at radius 1 is 1.27 bits per heavy atom. The van der Waals surface area contributed by atoms with E-state index in [1.54, 1.807) is 7.11 Å². The molecule has 1 aliphatic heterocycles. The summed E-state index contributed by atoms with van der Waals surface area (Å²) in [5.41, 5.74) is 1.07. The molecular formula is C20H33ClN2O3. The van der Waals surface area contributed by atoms with Crippen LogP contribution in [0.5, 0.6) is 11.5 Å². The maximum absolute atomic E-state index is 12.9. The summed E-state index contributed by atoms with van der Waals surface area (Å²) in [5, 5.41) is 3.25. The molecule has 1 heterocycles. The van der Waals surface area contributed by atoms with Crippen LogP contribution in [0.2, 0.25) is 0 Å². The summed E-state index contributed by atoms with van der Waals surface area (Å²) in [5.74, 6) is 2.27. The van der Waals surface area contributed by atoms with Crippen LogP contribution in [0.15, 0.2) is 18.2 Å². The fraction of sp³-hybridized carbons (Fsp3) is 0.650. The molecule has 5 nitrogen and oxygen atoms in total. The Morgan fingerprint density at radius 2 is 2.00 bits per heavy atom. The van der Waals surface area contributed by atoms with Crippen LogP contribution in [-0.2, 0) is 11.3 Å². The van der Waals surface area contributed by atoms with Crippen molar-refractivity contribution in [2.45, 2.75) is 40.2 Å². The van der Waals surface area contributed by atoms with Crippen molar-refractivity contribution in [3.05, 3.63) is 23.8 Å². The number of carbonyl (C=O) groups is 1. The van der Waals surface area contributed by atoms with Crippen LogP contribution < -0.4 is 14.8 Å². The number of amides is 1. The molecule has 1 fully saturated rings. The van der Waals surface area contributed by atoms with Gasteiger partial charge in [0.25, 0.3) is 0 Å². The zero-order chi connectivity index (χ0) is 18.2. The fourth-order valence-electron chi connectivity index (χ4n) is 3.05. The van der Waals surface area contributed by atoms with Gasteiger partial charge in [-0.3, -0.25) is 4.79 Å². The van der Waals surface area contributed by atoms with Gasteiger partial charge < -0.3 is 19.7 Å². The van der Waals surface area contributed by atoms with Crippen LogP contribution in [0.25, 0.3) is 0 Å². The van der Waals surface area contributed by atoms with Crippen LogP contribution in [0, 0.1) is 11.8 Å². The van der Waals surface area contributed by atoms with Crippen molar-refractivity contribution in [3.8, 4) is 11.5 Å². The van der Waals surface area contributed by atoms with E-state index in [-0.39, 0.29) is 24.2 Å². The molecule has 0 bridgehead atoms. The second kappa shape index (κ2) is 11.3. The van der Waals surface area contributed by atoms with Crippen molar-refractivity contribution in [1.29, 1.82) is 0 Å². The predicted molar refractivity (Wildman–Crippen MR) is 107 cm³/mol.